The Balaban J connectivity index is 1.64. The summed E-state index contributed by atoms with van der Waals surface area (Å²) in [6.45, 7) is 1.68. The standard InChI is InChI=1S/C19H16Cl2F2N6O4/c1-7(8-5-19(22,23)6-8)10-4-13(26-27-16(10)30)33-14-11(20)2-9(3-12(14)21)29-18(32)25-17(31)15(24)28-29/h2-4,7-8H,5-6H2,1H3,(H2,24,28)(H,27,30)(H,25,31,32)/t7-/m1/s1. The van der Waals surface area contributed by atoms with Crippen LogP contribution < -0.4 is 27.3 Å². The number of aromatic amines is 2. The Hall–Kier alpha value is -3.25. The first-order valence-electron chi connectivity index (χ1n) is 9.59. The third-order valence-corrected chi connectivity index (χ3v) is 5.98. The predicted octanol–water partition coefficient (Wildman–Crippen LogP) is 2.83. The Bertz CT molecular complexity index is 1390. The fraction of sp³-hybridized carbons (Fsp3) is 0.316. The molecule has 1 saturated carbocycles. The molecule has 1 aliphatic rings. The summed E-state index contributed by atoms with van der Waals surface area (Å²) in [7, 11) is 0. The van der Waals surface area contributed by atoms with Crippen LogP contribution in [0.1, 0.15) is 31.2 Å². The molecule has 0 saturated heterocycles. The summed E-state index contributed by atoms with van der Waals surface area (Å²) in [5.74, 6) is -4.06. The quantitative estimate of drug-likeness (QED) is 0.487. The van der Waals surface area contributed by atoms with E-state index in [4.69, 9.17) is 33.7 Å². The maximum Gasteiger partial charge on any atom is 0.349 e. The number of nitrogen functional groups attached to an aromatic ring is 1. The van der Waals surface area contributed by atoms with E-state index in [0.29, 0.717) is 0 Å². The number of hydrogen-bond acceptors (Lipinski definition) is 7. The molecule has 14 heteroatoms. The Morgan fingerprint density at radius 3 is 2.42 bits per heavy atom. The maximum atomic E-state index is 13.2. The summed E-state index contributed by atoms with van der Waals surface area (Å²) < 4.78 is 32.9. The number of nitrogens with two attached hydrogens (primary N) is 1. The minimum Gasteiger partial charge on any atom is -0.434 e. The normalized spacial score (nSPS) is 16.3. The number of nitrogens with one attached hydrogen (secondary N) is 2. The van der Waals surface area contributed by atoms with E-state index in [1.807, 2.05) is 4.98 Å². The van der Waals surface area contributed by atoms with Crippen molar-refractivity contribution in [2.24, 2.45) is 5.92 Å². The van der Waals surface area contributed by atoms with Gasteiger partial charge in [-0.15, -0.1) is 10.2 Å². The Morgan fingerprint density at radius 2 is 1.82 bits per heavy atom. The zero-order valence-corrected chi connectivity index (χ0v) is 18.4. The van der Waals surface area contributed by atoms with Gasteiger partial charge in [-0.2, -0.15) is 4.68 Å². The van der Waals surface area contributed by atoms with Gasteiger partial charge in [0, 0.05) is 24.5 Å². The van der Waals surface area contributed by atoms with Crippen LogP contribution in [0.5, 0.6) is 11.6 Å². The molecule has 10 nitrogen and oxygen atoms in total. The van der Waals surface area contributed by atoms with Crippen LogP contribution in [0.3, 0.4) is 0 Å². The van der Waals surface area contributed by atoms with Gasteiger partial charge in [0.15, 0.2) is 5.75 Å². The Labute approximate surface area is 193 Å². The molecular weight excluding hydrogens is 485 g/mol. The number of benzene rings is 1. The topological polar surface area (TPSA) is 149 Å². The maximum absolute atomic E-state index is 13.2. The first-order valence-corrected chi connectivity index (χ1v) is 10.3. The molecule has 1 aliphatic carbocycles. The predicted molar refractivity (Wildman–Crippen MR) is 116 cm³/mol. The van der Waals surface area contributed by atoms with Crippen LogP contribution in [0, 0.1) is 5.92 Å². The molecule has 174 valence electrons. The molecule has 0 bridgehead atoms. The lowest BCUT2D eigenvalue weighted by Gasteiger charge is -2.38. The van der Waals surface area contributed by atoms with Crippen LogP contribution in [-0.4, -0.2) is 30.9 Å². The highest BCUT2D eigenvalue weighted by atomic mass is 35.5. The number of alkyl halides is 2. The fourth-order valence-electron chi connectivity index (χ4n) is 3.57. The van der Waals surface area contributed by atoms with E-state index >= 15 is 0 Å². The molecule has 3 aromatic rings. The van der Waals surface area contributed by atoms with E-state index in [1.165, 1.54) is 18.2 Å². The minimum atomic E-state index is -2.71. The van der Waals surface area contributed by atoms with Crippen LogP contribution in [0.25, 0.3) is 5.69 Å². The van der Waals surface area contributed by atoms with Crippen LogP contribution in [0.4, 0.5) is 14.6 Å². The van der Waals surface area contributed by atoms with Gasteiger partial charge in [0.1, 0.15) is 0 Å². The van der Waals surface area contributed by atoms with Crippen molar-refractivity contribution in [3.05, 3.63) is 65.0 Å². The first kappa shape index (κ1) is 22.9. The highest BCUT2D eigenvalue weighted by molar-refractivity contribution is 6.37. The molecule has 2 heterocycles. The Kier molecular flexibility index (Phi) is 5.74. The summed E-state index contributed by atoms with van der Waals surface area (Å²) in [6.07, 6.45) is -0.595. The first-order chi connectivity index (χ1) is 15.4. The van der Waals surface area contributed by atoms with Crippen molar-refractivity contribution in [1.29, 1.82) is 0 Å². The summed E-state index contributed by atoms with van der Waals surface area (Å²) in [5, 5.41) is 9.68. The molecular formula is C19H16Cl2F2N6O4. The zero-order chi connectivity index (χ0) is 24.1. The van der Waals surface area contributed by atoms with E-state index < -0.39 is 34.5 Å². The van der Waals surface area contributed by atoms with Crippen LogP contribution in [0.15, 0.2) is 32.6 Å². The van der Waals surface area contributed by atoms with Crippen LogP contribution in [-0.2, 0) is 0 Å². The molecule has 0 unspecified atom stereocenters. The lowest BCUT2D eigenvalue weighted by Crippen LogP contribution is -2.39. The lowest BCUT2D eigenvalue weighted by molar-refractivity contribution is -0.116. The van der Waals surface area contributed by atoms with Crippen LogP contribution in [0.2, 0.25) is 10.0 Å². The smallest absolute Gasteiger partial charge is 0.349 e. The third-order valence-electron chi connectivity index (χ3n) is 5.42. The molecule has 1 fully saturated rings. The molecule has 0 spiro atoms. The van der Waals surface area contributed by atoms with Crippen LogP contribution >= 0.6 is 23.2 Å². The third kappa shape index (κ3) is 4.48. The molecule has 4 rings (SSSR count). The lowest BCUT2D eigenvalue weighted by atomic mass is 9.71. The highest BCUT2D eigenvalue weighted by Gasteiger charge is 2.48. The summed E-state index contributed by atoms with van der Waals surface area (Å²) >= 11 is 12.5. The van der Waals surface area contributed by atoms with E-state index in [0.717, 1.165) is 4.68 Å². The SMILES string of the molecule is C[C@@H](c1cc(Oc2c(Cl)cc(-n3nc(N)c(=O)[nH]c3=O)cc2Cl)n[nH]c1=O)C1CC(F)(F)C1. The minimum absolute atomic E-state index is 0.0409. The molecule has 0 aliphatic heterocycles. The second kappa shape index (κ2) is 8.27. The number of hydrogen-bond donors (Lipinski definition) is 3. The number of H-pyrrole nitrogens is 2. The molecule has 0 amide bonds. The Morgan fingerprint density at radius 1 is 1.18 bits per heavy atom. The van der Waals surface area contributed by atoms with E-state index in [2.05, 4.69) is 15.3 Å². The molecule has 1 aromatic carbocycles. The number of anilines is 1. The number of rotatable bonds is 5. The van der Waals surface area contributed by atoms with Gasteiger partial charge >= 0.3 is 5.69 Å². The van der Waals surface area contributed by atoms with Gasteiger partial charge in [-0.1, -0.05) is 30.1 Å². The van der Waals surface area contributed by atoms with Crippen molar-refractivity contribution in [3.8, 4) is 17.3 Å². The van der Waals surface area contributed by atoms with E-state index in [-0.39, 0.29) is 51.7 Å². The van der Waals surface area contributed by atoms with Crippen molar-refractivity contribution in [3.63, 3.8) is 0 Å². The number of halogens is 4. The van der Waals surface area contributed by atoms with Gasteiger partial charge in [0.05, 0.1) is 15.7 Å². The second-order valence-corrected chi connectivity index (χ2v) is 8.51. The van der Waals surface area contributed by atoms with Crippen molar-refractivity contribution in [2.75, 3.05) is 5.73 Å². The molecule has 1 atom stereocenters. The van der Waals surface area contributed by atoms with Gasteiger partial charge < -0.3 is 10.5 Å². The van der Waals surface area contributed by atoms with E-state index in [1.54, 1.807) is 6.92 Å². The summed E-state index contributed by atoms with van der Waals surface area (Å²) in [4.78, 5) is 37.6. The molecule has 33 heavy (non-hydrogen) atoms. The average Bonchev–Trinajstić information content (AvgIpc) is 2.72. The van der Waals surface area contributed by atoms with Gasteiger partial charge in [0.25, 0.3) is 11.1 Å². The summed E-state index contributed by atoms with van der Waals surface area (Å²) in [6, 6.07) is 3.93. The van der Waals surface area contributed by atoms with Crippen molar-refractivity contribution < 1.29 is 13.5 Å². The monoisotopic (exact) mass is 500 g/mol. The van der Waals surface area contributed by atoms with Gasteiger partial charge in [0.2, 0.25) is 17.6 Å². The van der Waals surface area contributed by atoms with Crippen molar-refractivity contribution >= 4 is 29.0 Å². The van der Waals surface area contributed by atoms with E-state index in [9.17, 15) is 23.2 Å². The van der Waals surface area contributed by atoms with Gasteiger partial charge in [-0.25, -0.2) is 18.7 Å². The van der Waals surface area contributed by atoms with Gasteiger partial charge in [-0.05, 0) is 24.0 Å². The van der Waals surface area contributed by atoms with Crippen molar-refractivity contribution in [2.45, 2.75) is 31.6 Å². The number of nitrogens with zero attached hydrogens (tertiary/aromatic N) is 3. The fourth-order valence-corrected chi connectivity index (χ4v) is 4.12. The number of ether oxygens (including phenoxy) is 1. The number of aromatic nitrogens is 5. The molecule has 4 N–H and O–H groups in total. The second-order valence-electron chi connectivity index (χ2n) is 7.70. The average molecular weight is 501 g/mol. The van der Waals surface area contributed by atoms with Gasteiger partial charge in [-0.3, -0.25) is 14.6 Å². The highest BCUT2D eigenvalue weighted by Crippen LogP contribution is 2.48. The molecule has 2 aromatic heterocycles. The molecule has 0 radical (unpaired) electrons. The zero-order valence-electron chi connectivity index (χ0n) is 16.9. The van der Waals surface area contributed by atoms with Crippen molar-refractivity contribution in [1.82, 2.24) is 25.0 Å². The summed E-state index contributed by atoms with van der Waals surface area (Å²) in [5.41, 5.74) is 3.57. The largest absolute Gasteiger partial charge is 0.434 e.